The monoisotopic (exact) mass is 594 g/mol. The van der Waals surface area contributed by atoms with Crippen LogP contribution in [0.5, 0.6) is 23.0 Å². The number of likely N-dealkylation sites (tertiary alicyclic amines) is 1. The number of carbonyl (C=O) groups excluding carboxylic acids is 2. The number of benzene rings is 2. The van der Waals surface area contributed by atoms with Crippen LogP contribution >= 0.6 is 0 Å². The number of hydrogen-bond donors (Lipinski definition) is 0. The van der Waals surface area contributed by atoms with Gasteiger partial charge in [0.15, 0.2) is 23.0 Å². The number of rotatable bonds is 13. The number of aryl methyl sites for hydroxylation is 1. The lowest BCUT2D eigenvalue weighted by atomic mass is 10.1. The zero-order chi connectivity index (χ0) is 30.3. The van der Waals surface area contributed by atoms with Gasteiger partial charge in [-0.05, 0) is 49.8 Å². The minimum absolute atomic E-state index is 0.0249. The Balaban J connectivity index is 1.17. The van der Waals surface area contributed by atoms with Crippen LogP contribution in [0.1, 0.15) is 54.9 Å². The summed E-state index contributed by atoms with van der Waals surface area (Å²) in [4.78, 5) is 36.8. The molecule has 2 fully saturated rings. The number of ether oxygens (including phenoxy) is 4. The van der Waals surface area contributed by atoms with Gasteiger partial charge in [-0.1, -0.05) is 6.92 Å². The van der Waals surface area contributed by atoms with Gasteiger partial charge in [-0.25, -0.2) is 4.39 Å². The summed E-state index contributed by atoms with van der Waals surface area (Å²) in [6.07, 6.45) is 7.42. The van der Waals surface area contributed by atoms with Gasteiger partial charge in [-0.3, -0.25) is 19.6 Å². The second-order valence-corrected chi connectivity index (χ2v) is 10.9. The van der Waals surface area contributed by atoms with Gasteiger partial charge >= 0.3 is 0 Å². The number of fused-ring (bicyclic) bond motifs is 2. The summed E-state index contributed by atoms with van der Waals surface area (Å²) in [6.45, 7) is 3.70. The number of hydrogen-bond acceptors (Lipinski definition) is 8. The van der Waals surface area contributed by atoms with E-state index in [1.807, 2.05) is 30.2 Å². The van der Waals surface area contributed by atoms with Crippen molar-refractivity contribution in [2.75, 3.05) is 40.5 Å². The molecule has 3 unspecified atom stereocenters. The molecule has 0 aromatic heterocycles. The molecule has 0 bridgehead atoms. The molecule has 230 valence electrons. The van der Waals surface area contributed by atoms with Gasteiger partial charge in [-0.2, -0.15) is 0 Å². The van der Waals surface area contributed by atoms with Crippen LogP contribution < -0.4 is 18.9 Å². The van der Waals surface area contributed by atoms with E-state index in [1.54, 1.807) is 32.6 Å². The fourth-order valence-corrected chi connectivity index (χ4v) is 5.73. The molecule has 3 aliphatic rings. The van der Waals surface area contributed by atoms with Crippen LogP contribution in [0.3, 0.4) is 0 Å². The SMILES string of the molecule is CCc1cc(OC)c(OCCCCOc2cc3c(cc2OC)C(=O)N2CCCC2C=N3)cc1N=CC1CC(F)CN1C=O. The fourth-order valence-electron chi connectivity index (χ4n) is 5.73. The lowest BCUT2D eigenvalue weighted by Gasteiger charge is -2.20. The summed E-state index contributed by atoms with van der Waals surface area (Å²) in [5, 5.41) is 0. The molecule has 3 atom stereocenters. The molecule has 3 aliphatic heterocycles. The number of halogens is 1. The van der Waals surface area contributed by atoms with Crippen molar-refractivity contribution < 1.29 is 32.9 Å². The second kappa shape index (κ2) is 13.9. The van der Waals surface area contributed by atoms with Crippen molar-refractivity contribution in [3.63, 3.8) is 0 Å². The van der Waals surface area contributed by atoms with Crippen molar-refractivity contribution in [3.05, 3.63) is 35.4 Å². The van der Waals surface area contributed by atoms with E-state index in [-0.39, 0.29) is 31.0 Å². The smallest absolute Gasteiger partial charge is 0.256 e. The third-order valence-electron chi connectivity index (χ3n) is 8.11. The fraction of sp³-hybridized carbons (Fsp3) is 0.500. The molecular weight excluding hydrogens is 555 g/mol. The summed E-state index contributed by atoms with van der Waals surface area (Å²) >= 11 is 0. The molecule has 0 spiro atoms. The van der Waals surface area contributed by atoms with E-state index in [0.29, 0.717) is 72.4 Å². The number of methoxy groups -OCH3 is 2. The Morgan fingerprint density at radius 3 is 2.47 bits per heavy atom. The van der Waals surface area contributed by atoms with Crippen molar-refractivity contribution in [1.82, 2.24) is 9.80 Å². The molecule has 0 aliphatic carbocycles. The van der Waals surface area contributed by atoms with Crippen LogP contribution in [-0.4, -0.2) is 93.3 Å². The van der Waals surface area contributed by atoms with Crippen molar-refractivity contribution in [2.24, 2.45) is 9.98 Å². The minimum Gasteiger partial charge on any atom is -0.493 e. The van der Waals surface area contributed by atoms with E-state index < -0.39 is 6.17 Å². The highest BCUT2D eigenvalue weighted by Gasteiger charge is 2.33. The quantitative estimate of drug-likeness (QED) is 0.182. The largest absolute Gasteiger partial charge is 0.493 e. The molecule has 2 aromatic carbocycles. The molecule has 3 heterocycles. The molecule has 0 saturated carbocycles. The molecule has 2 aromatic rings. The first-order chi connectivity index (χ1) is 20.9. The van der Waals surface area contributed by atoms with Crippen LogP contribution in [0.25, 0.3) is 0 Å². The van der Waals surface area contributed by atoms with Gasteiger partial charge in [-0.15, -0.1) is 0 Å². The van der Waals surface area contributed by atoms with Crippen molar-refractivity contribution in [2.45, 2.75) is 63.7 Å². The van der Waals surface area contributed by atoms with Crippen molar-refractivity contribution in [1.29, 1.82) is 0 Å². The molecule has 43 heavy (non-hydrogen) atoms. The molecule has 11 heteroatoms. The first-order valence-electron chi connectivity index (χ1n) is 14.9. The second-order valence-electron chi connectivity index (χ2n) is 10.9. The lowest BCUT2D eigenvalue weighted by molar-refractivity contribution is -0.118. The maximum Gasteiger partial charge on any atom is 0.256 e. The van der Waals surface area contributed by atoms with E-state index in [9.17, 15) is 14.0 Å². The van der Waals surface area contributed by atoms with Crippen LogP contribution in [0.4, 0.5) is 15.8 Å². The highest BCUT2D eigenvalue weighted by atomic mass is 19.1. The van der Waals surface area contributed by atoms with Crippen LogP contribution in [0.15, 0.2) is 34.3 Å². The van der Waals surface area contributed by atoms with E-state index >= 15 is 0 Å². The summed E-state index contributed by atoms with van der Waals surface area (Å²) in [5.74, 6) is 2.19. The van der Waals surface area contributed by atoms with Crippen molar-refractivity contribution in [3.8, 4) is 23.0 Å². The van der Waals surface area contributed by atoms with E-state index in [0.717, 1.165) is 31.4 Å². The van der Waals surface area contributed by atoms with Crippen LogP contribution in [-0.2, 0) is 11.2 Å². The number of carbonyl (C=O) groups is 2. The number of alkyl halides is 1. The van der Waals surface area contributed by atoms with E-state index in [1.165, 1.54) is 4.90 Å². The zero-order valence-electron chi connectivity index (χ0n) is 25.0. The zero-order valence-corrected chi connectivity index (χ0v) is 25.0. The molecule has 5 rings (SSSR count). The first kappa shape index (κ1) is 30.3. The summed E-state index contributed by atoms with van der Waals surface area (Å²) in [7, 11) is 3.15. The molecule has 2 amide bonds. The number of nitrogens with zero attached hydrogens (tertiary/aromatic N) is 4. The van der Waals surface area contributed by atoms with Gasteiger partial charge in [0, 0.05) is 37.5 Å². The maximum atomic E-state index is 13.8. The standard InChI is InChI=1S/C32H39FN4O6/c1-4-21-12-28(40-2)30(15-26(21)34-18-24-13-22(33)19-36(24)20-38)42-10-5-6-11-43-31-16-27-25(14-29(31)41-3)32(39)37-9-7-8-23(37)17-35-27/h12,14-18,20,22-24H,4-11,13,19H2,1-3H3. The Bertz CT molecular complexity index is 1380. The van der Waals surface area contributed by atoms with Crippen LogP contribution in [0, 0.1) is 0 Å². The van der Waals surface area contributed by atoms with E-state index in [2.05, 4.69) is 9.98 Å². The summed E-state index contributed by atoms with van der Waals surface area (Å²) < 4.78 is 37.0. The molecule has 0 N–H and O–H groups in total. The molecule has 2 saturated heterocycles. The minimum atomic E-state index is -1.04. The Hall–Kier alpha value is -4.15. The Labute approximate surface area is 251 Å². The Morgan fingerprint density at radius 2 is 1.77 bits per heavy atom. The van der Waals surface area contributed by atoms with Gasteiger partial charge in [0.05, 0.1) is 63.0 Å². The number of unbranched alkanes of at least 4 members (excludes halogenated alkanes) is 1. The van der Waals surface area contributed by atoms with Crippen molar-refractivity contribution >= 4 is 36.1 Å². The van der Waals surface area contributed by atoms with Gasteiger partial charge in [0.1, 0.15) is 6.17 Å². The van der Waals surface area contributed by atoms with Gasteiger partial charge in [0.25, 0.3) is 5.91 Å². The highest BCUT2D eigenvalue weighted by molar-refractivity contribution is 6.03. The molecular formula is C32H39FN4O6. The van der Waals surface area contributed by atoms with Gasteiger partial charge < -0.3 is 28.7 Å². The molecule has 0 radical (unpaired) electrons. The normalized spacial score (nSPS) is 21.1. The predicted octanol–water partition coefficient (Wildman–Crippen LogP) is 5.10. The summed E-state index contributed by atoms with van der Waals surface area (Å²) in [6, 6.07) is 6.89. The lowest BCUT2D eigenvalue weighted by Crippen LogP contribution is -2.35. The third kappa shape index (κ3) is 6.76. The average molecular weight is 595 g/mol. The maximum absolute atomic E-state index is 13.8. The average Bonchev–Trinajstić information content (AvgIpc) is 3.62. The summed E-state index contributed by atoms with van der Waals surface area (Å²) in [5.41, 5.74) is 2.78. The predicted molar refractivity (Wildman–Crippen MR) is 162 cm³/mol. The Kier molecular flexibility index (Phi) is 9.79. The van der Waals surface area contributed by atoms with E-state index in [4.69, 9.17) is 18.9 Å². The number of aliphatic imine (C=N–C) groups is 2. The topological polar surface area (TPSA) is 102 Å². The highest BCUT2D eigenvalue weighted by Crippen LogP contribution is 2.39. The first-order valence-corrected chi connectivity index (χ1v) is 14.9. The third-order valence-corrected chi connectivity index (χ3v) is 8.11. The van der Waals surface area contributed by atoms with Crippen LogP contribution in [0.2, 0.25) is 0 Å². The number of amides is 2. The van der Waals surface area contributed by atoms with Gasteiger partial charge in [0.2, 0.25) is 6.41 Å². The molecule has 10 nitrogen and oxygen atoms in total. The Morgan fingerprint density at radius 1 is 1.05 bits per heavy atom.